The van der Waals surface area contributed by atoms with Gasteiger partial charge in [-0.3, -0.25) is 0 Å². The van der Waals surface area contributed by atoms with Crippen LogP contribution in [0.5, 0.6) is 5.75 Å². The molecule has 3 nitrogen and oxygen atoms in total. The van der Waals surface area contributed by atoms with E-state index in [2.05, 4.69) is 0 Å². The number of benzene rings is 1. The smallest absolute Gasteiger partial charge is 0.338 e. The Hall–Kier alpha value is -1.51. The molecule has 82 valence electrons. The molecule has 1 rings (SSSR count). The maximum Gasteiger partial charge on any atom is 0.338 e. The Kier molecular flexibility index (Phi) is 4.16. The van der Waals surface area contributed by atoms with E-state index in [-0.39, 0.29) is 12.1 Å². The highest BCUT2D eigenvalue weighted by Crippen LogP contribution is 2.14. The molecule has 0 spiro atoms. The van der Waals surface area contributed by atoms with E-state index < -0.39 is 0 Å². The van der Waals surface area contributed by atoms with Gasteiger partial charge in [0.1, 0.15) is 5.75 Å². The Bertz CT molecular complexity index is 331. The fourth-order valence-electron chi connectivity index (χ4n) is 1.16. The lowest BCUT2D eigenvalue weighted by molar-refractivity contribution is 0.0377. The summed E-state index contributed by atoms with van der Waals surface area (Å²) >= 11 is 0. The molecule has 1 aromatic carbocycles. The van der Waals surface area contributed by atoms with Crippen molar-refractivity contribution in [2.24, 2.45) is 0 Å². The number of rotatable bonds is 4. The molecule has 1 aromatic rings. The monoisotopic (exact) mass is 208 g/mol. The van der Waals surface area contributed by atoms with Gasteiger partial charge in [-0.15, -0.1) is 0 Å². The summed E-state index contributed by atoms with van der Waals surface area (Å²) in [6, 6.07) is 7.00. The van der Waals surface area contributed by atoms with Crippen LogP contribution in [0.4, 0.5) is 0 Å². The third-order valence-electron chi connectivity index (χ3n) is 1.72. The van der Waals surface area contributed by atoms with Crippen LogP contribution in [-0.4, -0.2) is 18.7 Å². The SMILES string of the molecule is CCOc1cccc(C(=O)OC(C)C)c1. The number of esters is 1. The second kappa shape index (κ2) is 5.39. The molecule has 0 unspecified atom stereocenters. The summed E-state index contributed by atoms with van der Waals surface area (Å²) in [6.45, 7) is 6.14. The van der Waals surface area contributed by atoms with Gasteiger partial charge >= 0.3 is 5.97 Å². The van der Waals surface area contributed by atoms with Crippen molar-refractivity contribution in [2.75, 3.05) is 6.61 Å². The van der Waals surface area contributed by atoms with Crippen molar-refractivity contribution in [2.45, 2.75) is 26.9 Å². The van der Waals surface area contributed by atoms with Gasteiger partial charge in [-0.25, -0.2) is 4.79 Å². The van der Waals surface area contributed by atoms with Crippen LogP contribution in [0.1, 0.15) is 31.1 Å². The zero-order valence-corrected chi connectivity index (χ0v) is 9.32. The van der Waals surface area contributed by atoms with E-state index in [1.807, 2.05) is 26.8 Å². The predicted molar refractivity (Wildman–Crippen MR) is 58.2 cm³/mol. The van der Waals surface area contributed by atoms with Crippen molar-refractivity contribution in [1.82, 2.24) is 0 Å². The number of carbonyl (C=O) groups excluding carboxylic acids is 1. The highest BCUT2D eigenvalue weighted by Gasteiger charge is 2.09. The van der Waals surface area contributed by atoms with Crippen molar-refractivity contribution in [1.29, 1.82) is 0 Å². The van der Waals surface area contributed by atoms with Gasteiger partial charge in [0, 0.05) is 0 Å². The van der Waals surface area contributed by atoms with Crippen LogP contribution in [0.15, 0.2) is 24.3 Å². The molecule has 0 aliphatic heterocycles. The van der Waals surface area contributed by atoms with Crippen molar-refractivity contribution in [3.05, 3.63) is 29.8 Å². The van der Waals surface area contributed by atoms with E-state index in [9.17, 15) is 4.79 Å². The molecule has 15 heavy (non-hydrogen) atoms. The van der Waals surface area contributed by atoms with Gasteiger partial charge in [0.05, 0.1) is 18.3 Å². The zero-order valence-electron chi connectivity index (χ0n) is 9.32. The van der Waals surface area contributed by atoms with E-state index in [1.165, 1.54) is 0 Å². The third kappa shape index (κ3) is 3.62. The minimum atomic E-state index is -0.313. The molecule has 0 aliphatic rings. The number of ether oxygens (including phenoxy) is 2. The molecule has 0 aromatic heterocycles. The number of hydrogen-bond acceptors (Lipinski definition) is 3. The average Bonchev–Trinajstić information content (AvgIpc) is 2.17. The van der Waals surface area contributed by atoms with Gasteiger partial charge in [-0.05, 0) is 39.0 Å². The van der Waals surface area contributed by atoms with Gasteiger partial charge in [0.15, 0.2) is 0 Å². The minimum absolute atomic E-state index is 0.103. The van der Waals surface area contributed by atoms with Gasteiger partial charge in [-0.2, -0.15) is 0 Å². The molecule has 0 saturated heterocycles. The van der Waals surface area contributed by atoms with Crippen LogP contribution < -0.4 is 4.74 Å². The first-order chi connectivity index (χ1) is 7.13. The van der Waals surface area contributed by atoms with Crippen molar-refractivity contribution in [3.8, 4) is 5.75 Å². The molecule has 3 heteroatoms. The fraction of sp³-hybridized carbons (Fsp3) is 0.417. The minimum Gasteiger partial charge on any atom is -0.494 e. The maximum atomic E-state index is 11.5. The first kappa shape index (κ1) is 11.6. The van der Waals surface area contributed by atoms with E-state index in [0.29, 0.717) is 17.9 Å². The molecule has 0 fully saturated rings. The Morgan fingerprint density at radius 1 is 1.40 bits per heavy atom. The number of carbonyl (C=O) groups is 1. The maximum absolute atomic E-state index is 11.5. The van der Waals surface area contributed by atoms with Gasteiger partial charge < -0.3 is 9.47 Å². The molecule has 0 bridgehead atoms. The van der Waals surface area contributed by atoms with Crippen molar-refractivity contribution < 1.29 is 14.3 Å². The highest BCUT2D eigenvalue weighted by atomic mass is 16.5. The van der Waals surface area contributed by atoms with Crippen molar-refractivity contribution in [3.63, 3.8) is 0 Å². The normalized spacial score (nSPS) is 10.1. The Morgan fingerprint density at radius 2 is 2.13 bits per heavy atom. The molecular weight excluding hydrogens is 192 g/mol. The van der Waals surface area contributed by atoms with E-state index in [1.54, 1.807) is 18.2 Å². The quantitative estimate of drug-likeness (QED) is 0.713. The summed E-state index contributed by atoms with van der Waals surface area (Å²) in [5.41, 5.74) is 0.523. The molecule has 0 aliphatic carbocycles. The summed E-state index contributed by atoms with van der Waals surface area (Å²) < 4.78 is 10.4. The summed E-state index contributed by atoms with van der Waals surface area (Å²) in [6.07, 6.45) is -0.103. The van der Waals surface area contributed by atoms with Crippen LogP contribution >= 0.6 is 0 Å². The van der Waals surface area contributed by atoms with Crippen LogP contribution in [0.2, 0.25) is 0 Å². The van der Waals surface area contributed by atoms with Crippen LogP contribution in [0, 0.1) is 0 Å². The largest absolute Gasteiger partial charge is 0.494 e. The lowest BCUT2D eigenvalue weighted by atomic mass is 10.2. The van der Waals surface area contributed by atoms with Gasteiger partial charge in [0.2, 0.25) is 0 Å². The lowest BCUT2D eigenvalue weighted by Crippen LogP contribution is -2.11. The third-order valence-corrected chi connectivity index (χ3v) is 1.72. The Labute approximate surface area is 90.0 Å². The van der Waals surface area contributed by atoms with Crippen LogP contribution in [0.25, 0.3) is 0 Å². The fourth-order valence-corrected chi connectivity index (χ4v) is 1.16. The average molecular weight is 208 g/mol. The Balaban J connectivity index is 2.76. The zero-order chi connectivity index (χ0) is 11.3. The molecule has 0 radical (unpaired) electrons. The van der Waals surface area contributed by atoms with Crippen molar-refractivity contribution >= 4 is 5.97 Å². The highest BCUT2D eigenvalue weighted by molar-refractivity contribution is 5.89. The lowest BCUT2D eigenvalue weighted by Gasteiger charge is -2.09. The van der Waals surface area contributed by atoms with Gasteiger partial charge in [0.25, 0.3) is 0 Å². The molecular formula is C12H16O3. The summed E-state index contributed by atoms with van der Waals surface area (Å²) in [7, 11) is 0. The predicted octanol–water partition coefficient (Wildman–Crippen LogP) is 2.65. The molecule has 0 amide bonds. The second-order valence-corrected chi connectivity index (χ2v) is 3.41. The molecule has 0 saturated carbocycles. The summed E-state index contributed by atoms with van der Waals surface area (Å²) in [5, 5.41) is 0. The Morgan fingerprint density at radius 3 is 2.73 bits per heavy atom. The molecule has 0 heterocycles. The summed E-state index contributed by atoms with van der Waals surface area (Å²) in [4.78, 5) is 11.5. The standard InChI is InChI=1S/C12H16O3/c1-4-14-11-7-5-6-10(8-11)12(13)15-9(2)3/h5-9H,4H2,1-3H3. The topological polar surface area (TPSA) is 35.5 Å². The second-order valence-electron chi connectivity index (χ2n) is 3.41. The summed E-state index contributed by atoms with van der Waals surface area (Å²) in [5.74, 6) is 0.377. The number of hydrogen-bond donors (Lipinski definition) is 0. The van der Waals surface area contributed by atoms with Gasteiger partial charge in [-0.1, -0.05) is 6.07 Å². The molecule has 0 atom stereocenters. The van der Waals surface area contributed by atoms with E-state index in [4.69, 9.17) is 9.47 Å². The first-order valence-corrected chi connectivity index (χ1v) is 5.07. The van der Waals surface area contributed by atoms with Crippen LogP contribution in [-0.2, 0) is 4.74 Å². The van der Waals surface area contributed by atoms with E-state index in [0.717, 1.165) is 0 Å². The molecule has 0 N–H and O–H groups in total. The first-order valence-electron chi connectivity index (χ1n) is 5.07. The van der Waals surface area contributed by atoms with Crippen LogP contribution in [0.3, 0.4) is 0 Å². The van der Waals surface area contributed by atoms with E-state index >= 15 is 0 Å².